The van der Waals surface area contributed by atoms with Gasteiger partial charge >= 0.3 is 7.12 Å². The SMILES string of the molecule is CC1(C)OB(c2cccc3sc(-c4ccccc4)c(-c4ccccc4)c23)OC1(C)C. The van der Waals surface area contributed by atoms with Crippen LogP contribution in [0.3, 0.4) is 0 Å². The molecule has 0 unspecified atom stereocenters. The standard InChI is InChI=1S/C26H25BO2S/c1-25(2)26(3,4)29-27(28-25)20-16-11-17-21-23(20)22(18-12-7-5-8-13-18)24(30-21)19-14-9-6-10-15-19/h5-17H,1-4H3. The van der Waals surface area contributed by atoms with Gasteiger partial charge in [-0.3, -0.25) is 0 Å². The molecule has 2 nitrogen and oxygen atoms in total. The second-order valence-electron chi connectivity index (χ2n) is 8.85. The van der Waals surface area contributed by atoms with E-state index in [2.05, 4.69) is 107 Å². The van der Waals surface area contributed by atoms with Gasteiger partial charge in [-0.25, -0.2) is 0 Å². The van der Waals surface area contributed by atoms with E-state index in [4.69, 9.17) is 9.31 Å². The maximum atomic E-state index is 6.45. The van der Waals surface area contributed by atoms with E-state index in [1.165, 1.54) is 31.7 Å². The van der Waals surface area contributed by atoms with Crippen molar-refractivity contribution < 1.29 is 9.31 Å². The van der Waals surface area contributed by atoms with E-state index < -0.39 is 0 Å². The van der Waals surface area contributed by atoms with Crippen molar-refractivity contribution in [2.24, 2.45) is 0 Å². The average Bonchev–Trinajstić information content (AvgIpc) is 3.23. The van der Waals surface area contributed by atoms with Crippen molar-refractivity contribution in [2.45, 2.75) is 38.9 Å². The molecule has 1 fully saturated rings. The molecule has 1 aliphatic rings. The highest BCUT2D eigenvalue weighted by molar-refractivity contribution is 7.23. The Morgan fingerprint density at radius 3 is 1.83 bits per heavy atom. The topological polar surface area (TPSA) is 18.5 Å². The summed E-state index contributed by atoms with van der Waals surface area (Å²) in [6, 6.07) is 27.8. The molecule has 1 aliphatic heterocycles. The van der Waals surface area contributed by atoms with Gasteiger partial charge < -0.3 is 9.31 Å². The van der Waals surface area contributed by atoms with Crippen LogP contribution < -0.4 is 5.46 Å². The molecule has 0 atom stereocenters. The van der Waals surface area contributed by atoms with E-state index in [1.807, 2.05) is 11.3 Å². The Hall–Kier alpha value is -2.40. The average molecular weight is 412 g/mol. The highest BCUT2D eigenvalue weighted by Gasteiger charge is 2.52. The fourth-order valence-electron chi connectivity index (χ4n) is 4.01. The first-order valence-corrected chi connectivity index (χ1v) is 11.2. The van der Waals surface area contributed by atoms with Crippen LogP contribution in [0.25, 0.3) is 31.7 Å². The van der Waals surface area contributed by atoms with Gasteiger partial charge in [0.1, 0.15) is 0 Å². The van der Waals surface area contributed by atoms with Crippen molar-refractivity contribution in [1.29, 1.82) is 0 Å². The molecule has 0 spiro atoms. The smallest absolute Gasteiger partial charge is 0.399 e. The fraction of sp³-hybridized carbons (Fsp3) is 0.231. The van der Waals surface area contributed by atoms with Crippen molar-refractivity contribution in [3.63, 3.8) is 0 Å². The third-order valence-corrected chi connectivity index (χ3v) is 7.56. The highest BCUT2D eigenvalue weighted by Crippen LogP contribution is 2.45. The Morgan fingerprint density at radius 1 is 0.667 bits per heavy atom. The van der Waals surface area contributed by atoms with Gasteiger partial charge in [0.25, 0.3) is 0 Å². The van der Waals surface area contributed by atoms with Crippen molar-refractivity contribution in [3.05, 3.63) is 78.9 Å². The second-order valence-corrected chi connectivity index (χ2v) is 9.90. The van der Waals surface area contributed by atoms with Crippen LogP contribution >= 0.6 is 11.3 Å². The molecule has 2 heterocycles. The molecule has 0 bridgehead atoms. The quantitative estimate of drug-likeness (QED) is 0.356. The zero-order valence-corrected chi connectivity index (χ0v) is 18.6. The summed E-state index contributed by atoms with van der Waals surface area (Å²) in [7, 11) is -0.389. The van der Waals surface area contributed by atoms with Crippen LogP contribution in [0.1, 0.15) is 27.7 Å². The summed E-state index contributed by atoms with van der Waals surface area (Å²) in [6.45, 7) is 8.42. The number of thiophene rings is 1. The minimum absolute atomic E-state index is 0.370. The number of benzene rings is 3. The predicted molar refractivity (Wildman–Crippen MR) is 128 cm³/mol. The zero-order chi connectivity index (χ0) is 20.9. The third-order valence-electron chi connectivity index (χ3n) is 6.35. The van der Waals surface area contributed by atoms with Gasteiger partial charge in [0.2, 0.25) is 0 Å². The lowest BCUT2D eigenvalue weighted by Crippen LogP contribution is -2.41. The monoisotopic (exact) mass is 412 g/mol. The largest absolute Gasteiger partial charge is 0.495 e. The minimum Gasteiger partial charge on any atom is -0.399 e. The van der Waals surface area contributed by atoms with Crippen LogP contribution in [-0.4, -0.2) is 18.3 Å². The van der Waals surface area contributed by atoms with Crippen LogP contribution in [0, 0.1) is 0 Å². The molecule has 30 heavy (non-hydrogen) atoms. The third kappa shape index (κ3) is 3.11. The van der Waals surface area contributed by atoms with E-state index in [9.17, 15) is 0 Å². The first-order chi connectivity index (χ1) is 14.4. The van der Waals surface area contributed by atoms with Gasteiger partial charge in [0.05, 0.1) is 11.2 Å². The Morgan fingerprint density at radius 2 is 1.23 bits per heavy atom. The molecule has 5 rings (SSSR count). The van der Waals surface area contributed by atoms with Crippen molar-refractivity contribution in [3.8, 4) is 21.6 Å². The lowest BCUT2D eigenvalue weighted by Gasteiger charge is -2.32. The van der Waals surface area contributed by atoms with Gasteiger partial charge in [-0.05, 0) is 50.4 Å². The fourth-order valence-corrected chi connectivity index (χ4v) is 5.28. The van der Waals surface area contributed by atoms with Crippen LogP contribution in [0.5, 0.6) is 0 Å². The van der Waals surface area contributed by atoms with Crippen molar-refractivity contribution in [2.75, 3.05) is 0 Å². The van der Waals surface area contributed by atoms with E-state index in [1.54, 1.807) is 0 Å². The van der Waals surface area contributed by atoms with Gasteiger partial charge in [-0.15, -0.1) is 11.3 Å². The summed E-state index contributed by atoms with van der Waals surface area (Å²) in [6.07, 6.45) is 0. The molecule has 0 radical (unpaired) electrons. The Balaban J connectivity index is 1.78. The van der Waals surface area contributed by atoms with Crippen LogP contribution in [0.15, 0.2) is 78.9 Å². The summed E-state index contributed by atoms with van der Waals surface area (Å²) >= 11 is 1.83. The zero-order valence-electron chi connectivity index (χ0n) is 17.8. The van der Waals surface area contributed by atoms with E-state index in [-0.39, 0.29) is 18.3 Å². The predicted octanol–water partition coefficient (Wildman–Crippen LogP) is 6.53. The number of hydrogen-bond donors (Lipinski definition) is 0. The van der Waals surface area contributed by atoms with E-state index in [0.717, 1.165) is 5.46 Å². The van der Waals surface area contributed by atoms with E-state index >= 15 is 0 Å². The highest BCUT2D eigenvalue weighted by atomic mass is 32.1. The molecule has 150 valence electrons. The number of fused-ring (bicyclic) bond motifs is 1. The first-order valence-electron chi connectivity index (χ1n) is 10.4. The molecule has 4 aromatic rings. The summed E-state index contributed by atoms with van der Waals surface area (Å²) < 4.78 is 14.1. The van der Waals surface area contributed by atoms with Gasteiger partial charge in [0.15, 0.2) is 0 Å². The van der Waals surface area contributed by atoms with Gasteiger partial charge in [0, 0.05) is 20.5 Å². The lowest BCUT2D eigenvalue weighted by molar-refractivity contribution is 0.00578. The first kappa shape index (κ1) is 19.6. The van der Waals surface area contributed by atoms with Gasteiger partial charge in [-0.2, -0.15) is 0 Å². The molecule has 1 aromatic heterocycles. The number of hydrogen-bond acceptors (Lipinski definition) is 3. The maximum Gasteiger partial charge on any atom is 0.495 e. The summed E-state index contributed by atoms with van der Waals surface area (Å²) in [5.74, 6) is 0. The molecule has 0 saturated carbocycles. The Bertz CT molecular complexity index is 1180. The second kappa shape index (κ2) is 7.09. The normalized spacial score (nSPS) is 17.5. The molecule has 4 heteroatoms. The molecule has 0 amide bonds. The van der Waals surface area contributed by atoms with Crippen LogP contribution in [-0.2, 0) is 9.31 Å². The minimum atomic E-state index is -0.389. The Labute approximate surface area is 182 Å². The molecule has 0 N–H and O–H groups in total. The molecule has 3 aromatic carbocycles. The molecule has 1 saturated heterocycles. The summed E-state index contributed by atoms with van der Waals surface area (Å²) in [5, 5.41) is 1.23. The Kier molecular flexibility index (Phi) is 4.62. The van der Waals surface area contributed by atoms with Crippen molar-refractivity contribution in [1.82, 2.24) is 0 Å². The molecular formula is C26H25BO2S. The number of rotatable bonds is 3. The maximum absolute atomic E-state index is 6.45. The van der Waals surface area contributed by atoms with Crippen molar-refractivity contribution >= 4 is 34.0 Å². The van der Waals surface area contributed by atoms with Gasteiger partial charge in [-0.1, -0.05) is 72.8 Å². The van der Waals surface area contributed by atoms with Crippen LogP contribution in [0.2, 0.25) is 0 Å². The van der Waals surface area contributed by atoms with Crippen LogP contribution in [0.4, 0.5) is 0 Å². The van der Waals surface area contributed by atoms with E-state index in [0.29, 0.717) is 0 Å². The molecule has 0 aliphatic carbocycles. The molecular weight excluding hydrogens is 387 g/mol. The summed E-state index contributed by atoms with van der Waals surface area (Å²) in [5.41, 5.74) is 4.07. The lowest BCUT2D eigenvalue weighted by atomic mass is 9.75. The summed E-state index contributed by atoms with van der Waals surface area (Å²) in [4.78, 5) is 1.28.